The number of carboxylic acid groups (broad SMARTS) is 1. The number of allylic oxidation sites excluding steroid dienone is 2. The zero-order valence-electron chi connectivity index (χ0n) is 28.3. The number of rotatable bonds is 9. The lowest BCUT2D eigenvalue weighted by Gasteiger charge is -2.59. The molecule has 0 amide bonds. The van der Waals surface area contributed by atoms with Crippen LogP contribution in [-0.2, 0) is 14.3 Å². The number of fused-ring (bicyclic) bond motifs is 4. The van der Waals surface area contributed by atoms with Crippen molar-refractivity contribution in [3.63, 3.8) is 0 Å². The summed E-state index contributed by atoms with van der Waals surface area (Å²) in [7, 11) is 1.43. The van der Waals surface area contributed by atoms with E-state index in [0.717, 1.165) is 43.3 Å². The van der Waals surface area contributed by atoms with Crippen molar-refractivity contribution in [2.75, 3.05) is 13.7 Å². The molecule has 0 aromatic heterocycles. The Kier molecular flexibility index (Phi) is 9.64. The van der Waals surface area contributed by atoms with E-state index in [2.05, 4.69) is 47.8 Å². The Balaban J connectivity index is 1.45. The van der Waals surface area contributed by atoms with Gasteiger partial charge in [-0.05, 0) is 92.3 Å². The van der Waals surface area contributed by atoms with Crippen LogP contribution < -0.4 is 0 Å². The van der Waals surface area contributed by atoms with E-state index in [9.17, 15) is 30.3 Å². The van der Waals surface area contributed by atoms with E-state index in [1.54, 1.807) is 0 Å². The minimum atomic E-state index is -1.31. The minimum absolute atomic E-state index is 0.0566. The Bertz CT molecular complexity index is 1210. The van der Waals surface area contributed by atoms with Crippen LogP contribution in [-0.4, -0.2) is 81.8 Å². The van der Waals surface area contributed by atoms with Crippen molar-refractivity contribution in [1.29, 1.82) is 0 Å². The molecule has 1 unspecified atom stereocenters. The summed E-state index contributed by atoms with van der Waals surface area (Å²) in [5.74, 6) is -0.271. The second-order valence-electron chi connectivity index (χ2n) is 15.9. The fraction of sp³-hybridized carbons (Fsp3) is 0.811. The molecule has 254 valence electrons. The van der Waals surface area contributed by atoms with Crippen LogP contribution >= 0.6 is 0 Å². The van der Waals surface area contributed by atoms with Crippen LogP contribution in [0.3, 0.4) is 0 Å². The first-order valence-electron chi connectivity index (χ1n) is 17.3. The number of aliphatic hydroxyl groups is 4. The molecule has 0 spiro atoms. The minimum Gasteiger partial charge on any atom is -0.480 e. The van der Waals surface area contributed by atoms with Gasteiger partial charge in [0.25, 0.3) is 0 Å². The fourth-order valence-electron chi connectivity index (χ4n) is 11.1. The van der Waals surface area contributed by atoms with Gasteiger partial charge in [-0.2, -0.15) is 0 Å². The third-order valence-corrected chi connectivity index (χ3v) is 13.8. The van der Waals surface area contributed by atoms with Crippen molar-refractivity contribution in [2.45, 2.75) is 129 Å². The molecule has 8 heteroatoms. The first-order valence-corrected chi connectivity index (χ1v) is 17.3. The largest absolute Gasteiger partial charge is 0.480 e. The summed E-state index contributed by atoms with van der Waals surface area (Å²) in [4.78, 5) is 13.6. The molecule has 1 saturated heterocycles. The maximum Gasteiger partial charge on any atom is 0.317 e. The summed E-state index contributed by atoms with van der Waals surface area (Å²) in [6, 6.07) is 0. The lowest BCUT2D eigenvalue weighted by molar-refractivity contribution is -0.246. The summed E-state index contributed by atoms with van der Waals surface area (Å²) < 4.78 is 11.5. The molecule has 5 aliphatic rings. The zero-order chi connectivity index (χ0) is 33.2. The second-order valence-corrected chi connectivity index (χ2v) is 15.9. The monoisotopic (exact) mass is 630 g/mol. The summed E-state index contributed by atoms with van der Waals surface area (Å²) in [5.41, 5.74) is 2.15. The fourth-order valence-corrected chi connectivity index (χ4v) is 11.1. The maximum absolute atomic E-state index is 13.6. The Morgan fingerprint density at radius 2 is 1.76 bits per heavy atom. The predicted molar refractivity (Wildman–Crippen MR) is 172 cm³/mol. The van der Waals surface area contributed by atoms with Crippen molar-refractivity contribution in [1.82, 2.24) is 0 Å². The molecule has 8 nitrogen and oxygen atoms in total. The van der Waals surface area contributed by atoms with Crippen molar-refractivity contribution >= 4 is 5.97 Å². The first-order chi connectivity index (χ1) is 21.1. The molecule has 2 saturated carbocycles. The van der Waals surface area contributed by atoms with Crippen LogP contribution in [0.15, 0.2) is 35.5 Å². The smallest absolute Gasteiger partial charge is 0.317 e. The van der Waals surface area contributed by atoms with Gasteiger partial charge >= 0.3 is 5.97 Å². The Morgan fingerprint density at radius 3 is 2.36 bits per heavy atom. The first kappa shape index (κ1) is 34.8. The van der Waals surface area contributed by atoms with Crippen LogP contribution in [0.25, 0.3) is 0 Å². The van der Waals surface area contributed by atoms with Crippen molar-refractivity contribution in [3.8, 4) is 0 Å². The van der Waals surface area contributed by atoms with Crippen LogP contribution in [0.5, 0.6) is 0 Å². The Labute approximate surface area is 269 Å². The van der Waals surface area contributed by atoms with Crippen molar-refractivity contribution in [2.24, 2.45) is 45.8 Å². The molecule has 3 fully saturated rings. The molecule has 1 aliphatic heterocycles. The molecule has 5 rings (SSSR count). The average Bonchev–Trinajstić information content (AvgIpc) is 3.24. The standard InChI is InChI=1S/C37H58O8/c1-19(2)20(3)9-10-21(4)27-17-29(39)37(34(42)43)26-12-11-24-22(5)23(13-15-35(24,6)25(26)14-16-36(27,37)7)32-30(40)31(41)33(44-8)28(18-38)45-32/h19,21,23-24,27-33,38-41H,3,5,9-18H2,1-2,4,6-8H3,(H,42,43)/t21-,23+,24+,27-,28-,29?,30-,31-,32-,33-,35+,36-,37-/m1/s1. The van der Waals surface area contributed by atoms with E-state index in [1.807, 2.05) is 0 Å². The number of carbonyl (C=O) groups is 1. The normalized spacial score (nSPS) is 45.6. The summed E-state index contributed by atoms with van der Waals surface area (Å²) in [6.45, 7) is 19.4. The average molecular weight is 631 g/mol. The van der Waals surface area contributed by atoms with Gasteiger partial charge in [-0.15, -0.1) is 0 Å². The summed E-state index contributed by atoms with van der Waals surface area (Å²) in [5, 5.41) is 54.9. The molecular formula is C37H58O8. The number of hydrogen-bond donors (Lipinski definition) is 5. The van der Waals surface area contributed by atoms with Gasteiger partial charge < -0.3 is 35.0 Å². The summed E-state index contributed by atoms with van der Waals surface area (Å²) in [6.07, 6.45) is 0.998. The highest BCUT2D eigenvalue weighted by molar-refractivity contribution is 5.83. The van der Waals surface area contributed by atoms with Crippen LogP contribution in [0, 0.1) is 45.8 Å². The number of aliphatic carboxylic acids is 1. The highest BCUT2D eigenvalue weighted by Gasteiger charge is 2.71. The lowest BCUT2D eigenvalue weighted by Crippen LogP contribution is -2.62. The van der Waals surface area contributed by atoms with E-state index in [1.165, 1.54) is 18.3 Å². The molecule has 45 heavy (non-hydrogen) atoms. The quantitative estimate of drug-likeness (QED) is 0.224. The van der Waals surface area contributed by atoms with Gasteiger partial charge in [0.1, 0.15) is 29.8 Å². The zero-order valence-corrected chi connectivity index (χ0v) is 28.3. The molecular weight excluding hydrogens is 572 g/mol. The lowest BCUT2D eigenvalue weighted by atomic mass is 9.44. The van der Waals surface area contributed by atoms with Crippen LogP contribution in [0.4, 0.5) is 0 Å². The Morgan fingerprint density at radius 1 is 1.07 bits per heavy atom. The van der Waals surface area contributed by atoms with E-state index < -0.39 is 53.4 Å². The number of ether oxygens (including phenoxy) is 2. The van der Waals surface area contributed by atoms with Gasteiger partial charge in [0, 0.05) is 13.0 Å². The maximum atomic E-state index is 13.6. The van der Waals surface area contributed by atoms with Gasteiger partial charge in [0.2, 0.25) is 0 Å². The van der Waals surface area contributed by atoms with Crippen molar-refractivity contribution < 1.29 is 39.8 Å². The molecule has 0 aromatic rings. The molecule has 0 aromatic carbocycles. The number of methoxy groups -OCH3 is 1. The third-order valence-electron chi connectivity index (χ3n) is 13.8. The van der Waals surface area contributed by atoms with Gasteiger partial charge in [-0.1, -0.05) is 70.1 Å². The number of carboxylic acids is 1. The predicted octanol–water partition coefficient (Wildman–Crippen LogP) is 5.04. The van der Waals surface area contributed by atoms with Gasteiger partial charge in [-0.3, -0.25) is 4.79 Å². The molecule has 1 heterocycles. The Hall–Kier alpha value is -1.55. The van der Waals surface area contributed by atoms with E-state index >= 15 is 0 Å². The third kappa shape index (κ3) is 5.04. The van der Waals surface area contributed by atoms with E-state index in [4.69, 9.17) is 9.47 Å². The van der Waals surface area contributed by atoms with Gasteiger partial charge in [0.15, 0.2) is 0 Å². The van der Waals surface area contributed by atoms with Crippen LogP contribution in [0.2, 0.25) is 0 Å². The second kappa shape index (κ2) is 12.5. The van der Waals surface area contributed by atoms with Crippen LogP contribution in [0.1, 0.15) is 92.4 Å². The summed E-state index contributed by atoms with van der Waals surface area (Å²) >= 11 is 0. The molecule has 13 atom stereocenters. The molecule has 4 aliphatic carbocycles. The van der Waals surface area contributed by atoms with E-state index in [0.29, 0.717) is 31.6 Å². The molecule has 0 radical (unpaired) electrons. The van der Waals surface area contributed by atoms with E-state index in [-0.39, 0.29) is 35.7 Å². The highest BCUT2D eigenvalue weighted by Crippen LogP contribution is 2.72. The van der Waals surface area contributed by atoms with Gasteiger partial charge in [0.05, 0.1) is 18.8 Å². The van der Waals surface area contributed by atoms with Gasteiger partial charge in [-0.25, -0.2) is 0 Å². The number of aliphatic hydroxyl groups excluding tert-OH is 4. The molecule has 0 bridgehead atoms. The topological polar surface area (TPSA) is 137 Å². The number of hydrogen-bond acceptors (Lipinski definition) is 7. The molecule has 5 N–H and O–H groups in total. The highest BCUT2D eigenvalue weighted by atomic mass is 16.6. The SMILES string of the molecule is C=C(CC[C@@H](C)[C@H]1CC(O)[C@@]2(C(=O)O)C3=C(CC[C@]12C)[C@@]1(C)CC[C@H]([C@H]2O[C@H](CO)[C@@H](OC)[C@H](O)[C@H]2O)C(=C)[C@@H]1CC3)C(C)C. The van der Waals surface area contributed by atoms with Crippen molar-refractivity contribution in [3.05, 3.63) is 35.5 Å².